The van der Waals surface area contributed by atoms with E-state index < -0.39 is 0 Å². The van der Waals surface area contributed by atoms with Gasteiger partial charge in [0, 0.05) is 12.1 Å². The van der Waals surface area contributed by atoms with Crippen LogP contribution in [0.15, 0.2) is 24.3 Å². The smallest absolute Gasteiger partial charge is 0.269 e. The first-order valence-electron chi connectivity index (χ1n) is 5.11. The van der Waals surface area contributed by atoms with E-state index in [9.17, 15) is 10.1 Å². The highest BCUT2D eigenvalue weighted by Crippen LogP contribution is 2.47. The Hall–Kier alpha value is -1.42. The SMILES string of the molecule is CNCC1CC1c1cccc([N+](=O)[O-])c1. The number of hydrogen-bond donors (Lipinski definition) is 1. The molecule has 2 unspecified atom stereocenters. The third-order valence-electron chi connectivity index (χ3n) is 2.90. The van der Waals surface area contributed by atoms with Crippen molar-refractivity contribution in [1.82, 2.24) is 5.32 Å². The predicted octanol–water partition coefficient (Wildman–Crippen LogP) is 1.92. The molecule has 1 aliphatic rings. The van der Waals surface area contributed by atoms with Gasteiger partial charge in [-0.25, -0.2) is 0 Å². The molecule has 1 aromatic carbocycles. The van der Waals surface area contributed by atoms with Gasteiger partial charge in [-0.05, 0) is 37.4 Å². The van der Waals surface area contributed by atoms with Crippen molar-refractivity contribution < 1.29 is 4.92 Å². The van der Waals surface area contributed by atoms with Gasteiger partial charge in [0.15, 0.2) is 0 Å². The summed E-state index contributed by atoms with van der Waals surface area (Å²) < 4.78 is 0. The summed E-state index contributed by atoms with van der Waals surface area (Å²) in [4.78, 5) is 10.3. The molecule has 2 rings (SSSR count). The second kappa shape index (κ2) is 3.98. The predicted molar refractivity (Wildman–Crippen MR) is 57.9 cm³/mol. The van der Waals surface area contributed by atoms with Gasteiger partial charge < -0.3 is 5.32 Å². The Balaban J connectivity index is 2.10. The lowest BCUT2D eigenvalue weighted by molar-refractivity contribution is -0.384. The number of nitrogens with zero attached hydrogens (tertiary/aromatic N) is 1. The van der Waals surface area contributed by atoms with Crippen molar-refractivity contribution >= 4 is 5.69 Å². The minimum atomic E-state index is -0.334. The molecule has 4 nitrogen and oxygen atoms in total. The van der Waals surface area contributed by atoms with Crippen LogP contribution in [-0.2, 0) is 0 Å². The maximum Gasteiger partial charge on any atom is 0.269 e. The molecular weight excluding hydrogens is 192 g/mol. The highest BCUT2D eigenvalue weighted by molar-refractivity contribution is 5.38. The maximum absolute atomic E-state index is 10.6. The van der Waals surface area contributed by atoms with Crippen LogP contribution in [0.5, 0.6) is 0 Å². The Morgan fingerprint density at radius 2 is 2.40 bits per heavy atom. The van der Waals surface area contributed by atoms with Crippen molar-refractivity contribution in [3.05, 3.63) is 39.9 Å². The van der Waals surface area contributed by atoms with E-state index in [1.54, 1.807) is 18.2 Å². The number of hydrogen-bond acceptors (Lipinski definition) is 3. The van der Waals surface area contributed by atoms with Crippen LogP contribution < -0.4 is 5.32 Å². The van der Waals surface area contributed by atoms with Crippen LogP contribution in [0.25, 0.3) is 0 Å². The van der Waals surface area contributed by atoms with Crippen molar-refractivity contribution in [1.29, 1.82) is 0 Å². The Morgan fingerprint density at radius 1 is 1.60 bits per heavy atom. The zero-order valence-electron chi connectivity index (χ0n) is 8.64. The lowest BCUT2D eigenvalue weighted by Gasteiger charge is -2.00. The van der Waals surface area contributed by atoms with Crippen LogP contribution in [0, 0.1) is 16.0 Å². The van der Waals surface area contributed by atoms with Crippen molar-refractivity contribution in [2.45, 2.75) is 12.3 Å². The molecule has 0 amide bonds. The zero-order valence-corrected chi connectivity index (χ0v) is 8.64. The lowest BCUT2D eigenvalue weighted by Crippen LogP contribution is -2.10. The average Bonchev–Trinajstić information content (AvgIpc) is 2.98. The largest absolute Gasteiger partial charge is 0.319 e. The number of non-ortho nitro benzene ring substituents is 1. The van der Waals surface area contributed by atoms with Crippen molar-refractivity contribution in [2.75, 3.05) is 13.6 Å². The van der Waals surface area contributed by atoms with Gasteiger partial charge in [0.2, 0.25) is 0 Å². The van der Waals surface area contributed by atoms with E-state index in [0.717, 1.165) is 18.5 Å². The van der Waals surface area contributed by atoms with Gasteiger partial charge in [0.05, 0.1) is 4.92 Å². The second-order valence-electron chi connectivity index (χ2n) is 4.01. The van der Waals surface area contributed by atoms with Crippen molar-refractivity contribution in [3.63, 3.8) is 0 Å². The summed E-state index contributed by atoms with van der Waals surface area (Å²) in [6, 6.07) is 6.98. The molecule has 1 aliphatic carbocycles. The standard InChI is InChI=1S/C11H14N2O2/c1-12-7-9-6-11(9)8-3-2-4-10(5-8)13(14)15/h2-5,9,11-12H,6-7H2,1H3. The van der Waals surface area contributed by atoms with Crippen LogP contribution in [0.3, 0.4) is 0 Å². The van der Waals surface area contributed by atoms with Gasteiger partial charge in [-0.15, -0.1) is 0 Å². The molecular formula is C11H14N2O2. The fourth-order valence-electron chi connectivity index (χ4n) is 2.01. The van der Waals surface area contributed by atoms with E-state index >= 15 is 0 Å². The zero-order chi connectivity index (χ0) is 10.8. The highest BCUT2D eigenvalue weighted by Gasteiger charge is 2.37. The fraction of sp³-hybridized carbons (Fsp3) is 0.455. The number of benzene rings is 1. The van der Waals surface area contributed by atoms with Crippen LogP contribution in [0.1, 0.15) is 17.9 Å². The van der Waals surface area contributed by atoms with Crippen LogP contribution in [-0.4, -0.2) is 18.5 Å². The molecule has 0 saturated heterocycles. The van der Waals surface area contributed by atoms with Crippen molar-refractivity contribution in [2.24, 2.45) is 5.92 Å². The molecule has 80 valence electrons. The van der Waals surface area contributed by atoms with Crippen LogP contribution in [0.2, 0.25) is 0 Å². The third-order valence-corrected chi connectivity index (χ3v) is 2.90. The molecule has 4 heteroatoms. The molecule has 1 saturated carbocycles. The van der Waals surface area contributed by atoms with E-state index in [0.29, 0.717) is 11.8 Å². The van der Waals surface area contributed by atoms with E-state index in [2.05, 4.69) is 5.32 Å². The summed E-state index contributed by atoms with van der Waals surface area (Å²) in [6.07, 6.45) is 1.14. The topological polar surface area (TPSA) is 55.2 Å². The Bertz CT molecular complexity index is 379. The molecule has 0 spiro atoms. The van der Waals surface area contributed by atoms with E-state index in [4.69, 9.17) is 0 Å². The minimum absolute atomic E-state index is 0.197. The quantitative estimate of drug-likeness (QED) is 0.604. The first kappa shape index (κ1) is 10.1. The maximum atomic E-state index is 10.6. The Kier molecular flexibility index (Phi) is 2.68. The molecule has 1 fully saturated rings. The first-order chi connectivity index (χ1) is 7.22. The lowest BCUT2D eigenvalue weighted by atomic mass is 10.1. The minimum Gasteiger partial charge on any atom is -0.319 e. The molecule has 0 aromatic heterocycles. The van der Waals surface area contributed by atoms with E-state index in [1.807, 2.05) is 13.1 Å². The van der Waals surface area contributed by atoms with Gasteiger partial charge in [0.25, 0.3) is 5.69 Å². The summed E-state index contributed by atoms with van der Waals surface area (Å²) in [7, 11) is 1.93. The molecule has 1 aromatic rings. The molecule has 15 heavy (non-hydrogen) atoms. The molecule has 0 radical (unpaired) electrons. The van der Waals surface area contributed by atoms with E-state index in [-0.39, 0.29) is 10.6 Å². The van der Waals surface area contributed by atoms with Gasteiger partial charge in [-0.1, -0.05) is 12.1 Å². The molecule has 0 heterocycles. The molecule has 2 atom stereocenters. The highest BCUT2D eigenvalue weighted by atomic mass is 16.6. The first-order valence-corrected chi connectivity index (χ1v) is 5.11. The Labute approximate surface area is 88.5 Å². The van der Waals surface area contributed by atoms with E-state index in [1.165, 1.54) is 0 Å². The van der Waals surface area contributed by atoms with Crippen molar-refractivity contribution in [3.8, 4) is 0 Å². The van der Waals surface area contributed by atoms with Crippen LogP contribution >= 0.6 is 0 Å². The summed E-state index contributed by atoms with van der Waals surface area (Å²) in [5.41, 5.74) is 1.30. The normalized spacial score (nSPS) is 23.8. The number of nitro benzene ring substituents is 1. The van der Waals surface area contributed by atoms with Gasteiger partial charge >= 0.3 is 0 Å². The summed E-state index contributed by atoms with van der Waals surface area (Å²) in [5.74, 6) is 1.16. The fourth-order valence-corrected chi connectivity index (χ4v) is 2.01. The number of nitrogens with one attached hydrogen (secondary N) is 1. The summed E-state index contributed by atoms with van der Waals surface area (Å²) in [6.45, 7) is 0.993. The van der Waals surface area contributed by atoms with Gasteiger partial charge in [0.1, 0.15) is 0 Å². The third kappa shape index (κ3) is 2.15. The molecule has 1 N–H and O–H groups in total. The molecule has 0 aliphatic heterocycles. The average molecular weight is 206 g/mol. The molecule has 0 bridgehead atoms. The summed E-state index contributed by atoms with van der Waals surface area (Å²) >= 11 is 0. The Morgan fingerprint density at radius 3 is 3.07 bits per heavy atom. The number of nitro groups is 1. The summed E-state index contributed by atoms with van der Waals surface area (Å²) in [5, 5.41) is 13.7. The second-order valence-corrected chi connectivity index (χ2v) is 4.01. The van der Waals surface area contributed by atoms with Gasteiger partial charge in [-0.3, -0.25) is 10.1 Å². The van der Waals surface area contributed by atoms with Crippen LogP contribution in [0.4, 0.5) is 5.69 Å². The van der Waals surface area contributed by atoms with Gasteiger partial charge in [-0.2, -0.15) is 0 Å². The monoisotopic (exact) mass is 206 g/mol. The number of rotatable bonds is 4.